The first-order valence-corrected chi connectivity index (χ1v) is 8.51. The molecular formula is C20H23FN2O3. The van der Waals surface area contributed by atoms with Crippen LogP contribution >= 0.6 is 0 Å². The first-order chi connectivity index (χ1) is 12.5. The lowest BCUT2D eigenvalue weighted by molar-refractivity contribution is -0.124. The van der Waals surface area contributed by atoms with Gasteiger partial charge in [-0.15, -0.1) is 0 Å². The van der Waals surface area contributed by atoms with E-state index in [0.29, 0.717) is 13.1 Å². The Balaban J connectivity index is 1.76. The van der Waals surface area contributed by atoms with Gasteiger partial charge < -0.3 is 15.0 Å². The van der Waals surface area contributed by atoms with E-state index in [1.165, 1.54) is 29.8 Å². The van der Waals surface area contributed by atoms with Crippen LogP contribution in [0.25, 0.3) is 0 Å². The third-order valence-electron chi connectivity index (χ3n) is 3.88. The molecule has 0 aromatic heterocycles. The van der Waals surface area contributed by atoms with Gasteiger partial charge in [0.2, 0.25) is 0 Å². The third-order valence-corrected chi connectivity index (χ3v) is 3.88. The molecule has 0 fully saturated rings. The molecule has 2 aromatic carbocycles. The molecule has 5 nitrogen and oxygen atoms in total. The van der Waals surface area contributed by atoms with Crippen LogP contribution in [0.4, 0.5) is 10.1 Å². The zero-order valence-corrected chi connectivity index (χ0v) is 15.0. The van der Waals surface area contributed by atoms with Crippen molar-refractivity contribution in [2.75, 3.05) is 31.1 Å². The van der Waals surface area contributed by atoms with Gasteiger partial charge in [-0.25, -0.2) is 9.18 Å². The van der Waals surface area contributed by atoms with Crippen LogP contribution in [-0.4, -0.2) is 38.1 Å². The number of hydrogen-bond acceptors (Lipinski definition) is 4. The minimum absolute atomic E-state index is 0.183. The van der Waals surface area contributed by atoms with Gasteiger partial charge in [-0.2, -0.15) is 0 Å². The fourth-order valence-electron chi connectivity index (χ4n) is 2.51. The van der Waals surface area contributed by atoms with Crippen molar-refractivity contribution in [3.8, 4) is 0 Å². The Bertz CT molecular complexity index is 764. The smallest absolute Gasteiger partial charge is 0.341 e. The predicted octanol–water partition coefficient (Wildman–Crippen LogP) is 2.93. The summed E-state index contributed by atoms with van der Waals surface area (Å²) in [6.45, 7) is 5.49. The lowest BCUT2D eigenvalue weighted by Crippen LogP contribution is -2.37. The number of likely N-dealkylation sites (N-methyl/N-ethyl adjacent to an activating group) is 1. The van der Waals surface area contributed by atoms with Gasteiger partial charge in [-0.1, -0.05) is 24.3 Å². The predicted molar refractivity (Wildman–Crippen MR) is 98.8 cm³/mol. The van der Waals surface area contributed by atoms with Gasteiger partial charge in [-0.05, 0) is 43.7 Å². The van der Waals surface area contributed by atoms with Crippen molar-refractivity contribution in [2.24, 2.45) is 0 Å². The maximum Gasteiger partial charge on any atom is 0.341 e. The van der Waals surface area contributed by atoms with Crippen LogP contribution in [0.15, 0.2) is 48.5 Å². The summed E-state index contributed by atoms with van der Waals surface area (Å²) in [7, 11) is 0. The Morgan fingerprint density at radius 1 is 1.15 bits per heavy atom. The molecule has 0 unspecified atom stereocenters. The van der Waals surface area contributed by atoms with Crippen LogP contribution in [-0.2, 0) is 9.53 Å². The number of nitrogens with one attached hydrogen (secondary N) is 1. The molecule has 0 aliphatic rings. The van der Waals surface area contributed by atoms with Gasteiger partial charge in [0.1, 0.15) is 5.82 Å². The van der Waals surface area contributed by atoms with Gasteiger partial charge in [0.15, 0.2) is 6.61 Å². The summed E-state index contributed by atoms with van der Waals surface area (Å²) in [6, 6.07) is 13.6. The number of ether oxygens (including phenoxy) is 1. The molecule has 6 heteroatoms. The number of aryl methyl sites for hydroxylation is 1. The van der Waals surface area contributed by atoms with Crippen molar-refractivity contribution in [1.29, 1.82) is 0 Å². The number of carbonyl (C=O) groups is 2. The molecule has 0 aliphatic carbocycles. The van der Waals surface area contributed by atoms with Crippen molar-refractivity contribution in [3.63, 3.8) is 0 Å². The minimum atomic E-state index is -0.854. The zero-order valence-electron chi connectivity index (χ0n) is 15.0. The molecule has 2 aromatic rings. The third kappa shape index (κ3) is 5.58. The van der Waals surface area contributed by atoms with E-state index in [-0.39, 0.29) is 5.56 Å². The van der Waals surface area contributed by atoms with Crippen LogP contribution in [0.5, 0.6) is 0 Å². The molecule has 1 amide bonds. The number of amides is 1. The Morgan fingerprint density at radius 3 is 2.62 bits per heavy atom. The van der Waals surface area contributed by atoms with Crippen molar-refractivity contribution < 1.29 is 18.7 Å². The van der Waals surface area contributed by atoms with E-state index in [2.05, 4.69) is 16.3 Å². The van der Waals surface area contributed by atoms with Crippen molar-refractivity contribution >= 4 is 17.6 Å². The van der Waals surface area contributed by atoms with Crippen molar-refractivity contribution in [2.45, 2.75) is 13.8 Å². The second-order valence-corrected chi connectivity index (χ2v) is 5.82. The molecule has 0 aliphatic heterocycles. The second kappa shape index (κ2) is 9.56. The molecule has 2 rings (SSSR count). The van der Waals surface area contributed by atoms with E-state index < -0.39 is 24.3 Å². The topological polar surface area (TPSA) is 58.6 Å². The highest BCUT2D eigenvalue weighted by atomic mass is 19.1. The number of anilines is 1. The average molecular weight is 358 g/mol. The van der Waals surface area contributed by atoms with E-state index in [1.807, 2.05) is 32.0 Å². The standard InChI is InChI=1S/C20H23FN2O3/c1-3-23(16-8-6-7-15(2)13-16)12-11-22-19(24)14-26-20(25)17-9-4-5-10-18(17)21/h4-10,13H,3,11-12,14H2,1-2H3,(H,22,24). The highest BCUT2D eigenvalue weighted by molar-refractivity contribution is 5.91. The van der Waals surface area contributed by atoms with E-state index >= 15 is 0 Å². The van der Waals surface area contributed by atoms with Gasteiger partial charge in [-0.3, -0.25) is 4.79 Å². The molecule has 138 valence electrons. The molecule has 0 saturated heterocycles. The number of benzene rings is 2. The zero-order chi connectivity index (χ0) is 18.9. The summed E-state index contributed by atoms with van der Waals surface area (Å²) in [6.07, 6.45) is 0. The molecule has 0 saturated carbocycles. The fourth-order valence-corrected chi connectivity index (χ4v) is 2.51. The lowest BCUT2D eigenvalue weighted by Gasteiger charge is -2.23. The summed E-state index contributed by atoms with van der Waals surface area (Å²) >= 11 is 0. The van der Waals surface area contributed by atoms with Gasteiger partial charge in [0.05, 0.1) is 5.56 Å². The fraction of sp³-hybridized carbons (Fsp3) is 0.300. The largest absolute Gasteiger partial charge is 0.452 e. The minimum Gasteiger partial charge on any atom is -0.452 e. The molecular weight excluding hydrogens is 335 g/mol. The Kier molecular flexibility index (Phi) is 7.14. The Morgan fingerprint density at radius 2 is 1.92 bits per heavy atom. The van der Waals surface area contributed by atoms with E-state index in [9.17, 15) is 14.0 Å². The van der Waals surface area contributed by atoms with Gasteiger partial charge in [0.25, 0.3) is 5.91 Å². The van der Waals surface area contributed by atoms with Crippen molar-refractivity contribution in [1.82, 2.24) is 5.32 Å². The van der Waals surface area contributed by atoms with Crippen molar-refractivity contribution in [3.05, 3.63) is 65.5 Å². The molecule has 0 radical (unpaired) electrons. The maximum absolute atomic E-state index is 13.5. The normalized spacial score (nSPS) is 10.3. The van der Waals surface area contributed by atoms with Crippen LogP contribution in [0.2, 0.25) is 0 Å². The maximum atomic E-state index is 13.5. The van der Waals surface area contributed by atoms with E-state index in [0.717, 1.165) is 12.2 Å². The number of nitrogens with zero attached hydrogens (tertiary/aromatic N) is 1. The van der Waals surface area contributed by atoms with Crippen LogP contribution in [0.3, 0.4) is 0 Å². The molecule has 0 bridgehead atoms. The summed E-state index contributed by atoms with van der Waals surface area (Å²) in [5.41, 5.74) is 2.08. The summed E-state index contributed by atoms with van der Waals surface area (Å²) in [5, 5.41) is 2.70. The van der Waals surface area contributed by atoms with Gasteiger partial charge >= 0.3 is 5.97 Å². The number of carbonyl (C=O) groups excluding carboxylic acids is 2. The highest BCUT2D eigenvalue weighted by Gasteiger charge is 2.14. The van der Waals surface area contributed by atoms with E-state index in [1.54, 1.807) is 0 Å². The van der Waals surface area contributed by atoms with Crippen LogP contribution in [0.1, 0.15) is 22.8 Å². The molecule has 1 N–H and O–H groups in total. The highest BCUT2D eigenvalue weighted by Crippen LogP contribution is 2.15. The molecule has 0 spiro atoms. The first-order valence-electron chi connectivity index (χ1n) is 8.51. The van der Waals surface area contributed by atoms with Gasteiger partial charge in [0, 0.05) is 25.3 Å². The van der Waals surface area contributed by atoms with Crippen LogP contribution < -0.4 is 10.2 Å². The quantitative estimate of drug-likeness (QED) is 0.737. The monoisotopic (exact) mass is 358 g/mol. The van der Waals surface area contributed by atoms with E-state index in [4.69, 9.17) is 4.74 Å². The SMILES string of the molecule is CCN(CCNC(=O)COC(=O)c1ccccc1F)c1cccc(C)c1. The average Bonchev–Trinajstić information content (AvgIpc) is 2.63. The number of hydrogen-bond donors (Lipinski definition) is 1. The first kappa shape index (κ1) is 19.4. The molecule has 26 heavy (non-hydrogen) atoms. The lowest BCUT2D eigenvalue weighted by atomic mass is 10.2. The van der Waals surface area contributed by atoms with Crippen LogP contribution in [0, 0.1) is 12.7 Å². The number of esters is 1. The molecule has 0 atom stereocenters. The Hall–Kier alpha value is -2.89. The number of halogens is 1. The molecule has 0 heterocycles. The summed E-state index contributed by atoms with van der Waals surface area (Å²) in [5.74, 6) is -1.95. The second-order valence-electron chi connectivity index (χ2n) is 5.82. The number of rotatable bonds is 8. The summed E-state index contributed by atoms with van der Waals surface area (Å²) < 4.78 is 18.3. The summed E-state index contributed by atoms with van der Waals surface area (Å²) in [4.78, 5) is 25.7. The Labute approximate surface area is 152 Å².